The highest BCUT2D eigenvalue weighted by molar-refractivity contribution is 6.35. The van der Waals surface area contributed by atoms with Gasteiger partial charge in [-0.2, -0.15) is 0 Å². The molecule has 0 bridgehead atoms. The van der Waals surface area contributed by atoms with Crippen molar-refractivity contribution >= 4 is 29.2 Å². The molecule has 7 heteroatoms. The van der Waals surface area contributed by atoms with Gasteiger partial charge >= 0.3 is 5.97 Å². The predicted octanol–water partition coefficient (Wildman–Crippen LogP) is 3.72. The van der Waals surface area contributed by atoms with Crippen LogP contribution in [-0.4, -0.2) is 27.0 Å². The van der Waals surface area contributed by atoms with E-state index in [4.69, 9.17) is 27.9 Å². The number of hydrogen-bond donors (Lipinski definition) is 1. The number of rotatable bonds is 5. The molecule has 0 fully saturated rings. The number of benzene rings is 1. The maximum absolute atomic E-state index is 11.3. The standard InChI is InChI=1S/C14H14Cl2N2O3/c1-8(2)21-13-6-12(14(19)20)18(17-13)7-9-3-4-10(15)5-11(9)16/h3-6,8H,7H2,1-2H3,(H,19,20). The van der Waals surface area contributed by atoms with Crippen molar-refractivity contribution in [1.82, 2.24) is 9.78 Å². The smallest absolute Gasteiger partial charge is 0.354 e. The first-order chi connectivity index (χ1) is 9.86. The van der Waals surface area contributed by atoms with Gasteiger partial charge in [-0.3, -0.25) is 0 Å². The van der Waals surface area contributed by atoms with E-state index < -0.39 is 5.97 Å². The molecule has 1 aromatic heterocycles. The monoisotopic (exact) mass is 328 g/mol. The highest BCUT2D eigenvalue weighted by atomic mass is 35.5. The fourth-order valence-electron chi connectivity index (χ4n) is 1.80. The van der Waals surface area contributed by atoms with Crippen molar-refractivity contribution in [2.75, 3.05) is 0 Å². The molecule has 0 atom stereocenters. The summed E-state index contributed by atoms with van der Waals surface area (Å²) in [5.74, 6) is -0.807. The third-order valence-electron chi connectivity index (χ3n) is 2.67. The highest BCUT2D eigenvalue weighted by Crippen LogP contribution is 2.23. The zero-order valence-corrected chi connectivity index (χ0v) is 13.0. The Bertz CT molecular complexity index is 668. The van der Waals surface area contributed by atoms with E-state index in [0.29, 0.717) is 10.0 Å². The number of halogens is 2. The average Bonchev–Trinajstić information content (AvgIpc) is 2.75. The molecule has 2 rings (SSSR count). The van der Waals surface area contributed by atoms with Gasteiger partial charge in [0.2, 0.25) is 5.88 Å². The molecule has 0 aliphatic rings. The lowest BCUT2D eigenvalue weighted by atomic mass is 10.2. The number of aromatic nitrogens is 2. The summed E-state index contributed by atoms with van der Waals surface area (Å²) < 4.78 is 6.77. The van der Waals surface area contributed by atoms with Crippen LogP contribution in [0.25, 0.3) is 0 Å². The van der Waals surface area contributed by atoms with Gasteiger partial charge < -0.3 is 9.84 Å². The molecule has 21 heavy (non-hydrogen) atoms. The summed E-state index contributed by atoms with van der Waals surface area (Å²) in [4.78, 5) is 11.3. The maximum Gasteiger partial charge on any atom is 0.354 e. The van der Waals surface area contributed by atoms with E-state index in [9.17, 15) is 9.90 Å². The van der Waals surface area contributed by atoms with Crippen molar-refractivity contribution in [2.24, 2.45) is 0 Å². The molecule has 0 saturated carbocycles. The second-order valence-corrected chi connectivity index (χ2v) is 5.58. The van der Waals surface area contributed by atoms with Gasteiger partial charge in [0, 0.05) is 16.1 Å². The highest BCUT2D eigenvalue weighted by Gasteiger charge is 2.17. The van der Waals surface area contributed by atoms with Crippen LogP contribution in [0.15, 0.2) is 24.3 Å². The van der Waals surface area contributed by atoms with E-state index in [0.717, 1.165) is 5.56 Å². The molecule has 112 valence electrons. The molecule has 0 unspecified atom stereocenters. The van der Waals surface area contributed by atoms with Crippen LogP contribution in [0.3, 0.4) is 0 Å². The molecule has 5 nitrogen and oxygen atoms in total. The van der Waals surface area contributed by atoms with Gasteiger partial charge in [0.25, 0.3) is 0 Å². The number of carboxylic acids is 1. The minimum atomic E-state index is -1.08. The van der Waals surface area contributed by atoms with Crippen molar-refractivity contribution < 1.29 is 14.6 Å². The zero-order chi connectivity index (χ0) is 15.6. The van der Waals surface area contributed by atoms with Gasteiger partial charge in [0.05, 0.1) is 12.6 Å². The van der Waals surface area contributed by atoms with Gasteiger partial charge in [-0.15, -0.1) is 5.10 Å². The number of aromatic carboxylic acids is 1. The fraction of sp³-hybridized carbons (Fsp3) is 0.286. The molecule has 1 aromatic carbocycles. The second-order valence-electron chi connectivity index (χ2n) is 4.73. The van der Waals surface area contributed by atoms with Crippen LogP contribution in [0, 0.1) is 0 Å². The van der Waals surface area contributed by atoms with Crippen molar-refractivity contribution in [1.29, 1.82) is 0 Å². The van der Waals surface area contributed by atoms with Gasteiger partial charge in [-0.1, -0.05) is 29.3 Å². The molecule has 1 heterocycles. The Morgan fingerprint density at radius 1 is 1.38 bits per heavy atom. The second kappa shape index (κ2) is 6.37. The lowest BCUT2D eigenvalue weighted by Gasteiger charge is -2.07. The number of ether oxygens (including phenoxy) is 1. The van der Waals surface area contributed by atoms with E-state index in [2.05, 4.69) is 5.10 Å². The van der Waals surface area contributed by atoms with Gasteiger partial charge in [0.1, 0.15) is 0 Å². The molecule has 0 aliphatic carbocycles. The largest absolute Gasteiger partial charge is 0.477 e. The Morgan fingerprint density at radius 2 is 2.10 bits per heavy atom. The zero-order valence-electron chi connectivity index (χ0n) is 11.5. The van der Waals surface area contributed by atoms with Crippen LogP contribution < -0.4 is 4.74 Å². The van der Waals surface area contributed by atoms with Crippen molar-refractivity contribution in [2.45, 2.75) is 26.5 Å². The minimum Gasteiger partial charge on any atom is -0.477 e. The molecule has 0 aliphatic heterocycles. The van der Waals surface area contributed by atoms with Gasteiger partial charge in [-0.25, -0.2) is 9.48 Å². The molecule has 1 N–H and O–H groups in total. The molecular weight excluding hydrogens is 315 g/mol. The average molecular weight is 329 g/mol. The summed E-state index contributed by atoms with van der Waals surface area (Å²) >= 11 is 11.9. The summed E-state index contributed by atoms with van der Waals surface area (Å²) in [7, 11) is 0. The van der Waals surface area contributed by atoms with Crippen molar-refractivity contribution in [3.63, 3.8) is 0 Å². The predicted molar refractivity (Wildman–Crippen MR) is 80.5 cm³/mol. The third kappa shape index (κ3) is 3.89. The van der Waals surface area contributed by atoms with E-state index in [-0.39, 0.29) is 24.2 Å². The first kappa shape index (κ1) is 15.7. The van der Waals surface area contributed by atoms with Crippen LogP contribution in [-0.2, 0) is 6.54 Å². The first-order valence-electron chi connectivity index (χ1n) is 6.28. The Balaban J connectivity index is 2.33. The Kier molecular flexibility index (Phi) is 4.75. The number of carbonyl (C=O) groups is 1. The molecule has 0 spiro atoms. The number of hydrogen-bond acceptors (Lipinski definition) is 3. The summed E-state index contributed by atoms with van der Waals surface area (Å²) in [6, 6.07) is 6.43. The molecular formula is C14H14Cl2N2O3. The Labute approximate surface area is 132 Å². The molecule has 0 radical (unpaired) electrons. The van der Waals surface area contributed by atoms with Crippen molar-refractivity contribution in [3.8, 4) is 5.88 Å². The number of carboxylic acid groups (broad SMARTS) is 1. The van der Waals surface area contributed by atoms with Crippen LogP contribution >= 0.6 is 23.2 Å². The number of nitrogens with zero attached hydrogens (tertiary/aromatic N) is 2. The van der Waals surface area contributed by atoms with E-state index in [1.807, 2.05) is 13.8 Å². The van der Waals surface area contributed by atoms with Crippen LogP contribution in [0.1, 0.15) is 29.9 Å². The van der Waals surface area contributed by atoms with E-state index >= 15 is 0 Å². The SMILES string of the molecule is CC(C)Oc1cc(C(=O)O)n(Cc2ccc(Cl)cc2Cl)n1. The van der Waals surface area contributed by atoms with Crippen molar-refractivity contribution in [3.05, 3.63) is 45.6 Å². The minimum absolute atomic E-state index is 0.0386. The molecule has 2 aromatic rings. The first-order valence-corrected chi connectivity index (χ1v) is 7.04. The summed E-state index contributed by atoms with van der Waals surface area (Å²) in [5.41, 5.74) is 0.763. The summed E-state index contributed by atoms with van der Waals surface area (Å²) in [6.45, 7) is 3.91. The van der Waals surface area contributed by atoms with E-state index in [1.54, 1.807) is 18.2 Å². The van der Waals surface area contributed by atoms with Crippen LogP contribution in [0.4, 0.5) is 0 Å². The van der Waals surface area contributed by atoms with Crippen LogP contribution in [0.2, 0.25) is 10.0 Å². The normalized spacial score (nSPS) is 10.9. The summed E-state index contributed by atoms with van der Waals surface area (Å²) in [6.07, 6.45) is -0.0888. The van der Waals surface area contributed by atoms with Gasteiger partial charge in [-0.05, 0) is 31.5 Å². The molecule has 0 amide bonds. The Hall–Kier alpha value is -1.72. The van der Waals surface area contributed by atoms with Gasteiger partial charge in [0.15, 0.2) is 5.69 Å². The maximum atomic E-state index is 11.3. The lowest BCUT2D eigenvalue weighted by molar-refractivity contribution is 0.0684. The third-order valence-corrected chi connectivity index (χ3v) is 3.26. The summed E-state index contributed by atoms with van der Waals surface area (Å²) in [5, 5.41) is 14.4. The Morgan fingerprint density at radius 3 is 2.67 bits per heavy atom. The molecule has 0 saturated heterocycles. The quantitative estimate of drug-likeness (QED) is 0.908. The lowest BCUT2D eigenvalue weighted by Crippen LogP contribution is -2.11. The fourth-order valence-corrected chi connectivity index (χ4v) is 2.26. The van der Waals surface area contributed by atoms with Crippen LogP contribution in [0.5, 0.6) is 5.88 Å². The van der Waals surface area contributed by atoms with E-state index in [1.165, 1.54) is 10.7 Å². The topological polar surface area (TPSA) is 64.3 Å².